The first-order valence-corrected chi connectivity index (χ1v) is 10.5. The summed E-state index contributed by atoms with van der Waals surface area (Å²) in [6.07, 6.45) is 8.73. The highest BCUT2D eigenvalue weighted by Crippen LogP contribution is 2.55. The van der Waals surface area contributed by atoms with E-state index in [0.29, 0.717) is 5.78 Å². The number of amides is 1. The van der Waals surface area contributed by atoms with Gasteiger partial charge in [-0.15, -0.1) is 0 Å². The third-order valence-electron chi connectivity index (χ3n) is 7.12. The Labute approximate surface area is 169 Å². The molecule has 0 atom stereocenters. The predicted molar refractivity (Wildman–Crippen MR) is 104 cm³/mol. The van der Waals surface area contributed by atoms with Crippen LogP contribution in [0.15, 0.2) is 6.33 Å². The van der Waals surface area contributed by atoms with E-state index >= 15 is 0 Å². The topological polar surface area (TPSA) is 98.5 Å². The molecule has 0 unspecified atom stereocenters. The molecule has 4 aliphatic rings. The fourth-order valence-corrected chi connectivity index (χ4v) is 6.35. The molecular formula is C21H27N5O3. The van der Waals surface area contributed by atoms with Crippen molar-refractivity contribution in [3.05, 3.63) is 23.3 Å². The lowest BCUT2D eigenvalue weighted by molar-refractivity contribution is -0.149. The summed E-state index contributed by atoms with van der Waals surface area (Å²) in [5.41, 5.74) is 2.22. The summed E-state index contributed by atoms with van der Waals surface area (Å²) in [6.45, 7) is 3.49. The number of hydrogen-bond donors (Lipinski definition) is 1. The summed E-state index contributed by atoms with van der Waals surface area (Å²) >= 11 is 0. The number of carbonyl (C=O) groups excluding carboxylic acids is 2. The Balaban J connectivity index is 1.19. The maximum absolute atomic E-state index is 12.5. The van der Waals surface area contributed by atoms with Gasteiger partial charge in [0.15, 0.2) is 6.61 Å². The average molecular weight is 397 g/mol. The zero-order chi connectivity index (χ0) is 20.2. The Bertz CT molecular complexity index is 947. The van der Waals surface area contributed by atoms with E-state index in [4.69, 9.17) is 4.74 Å². The molecule has 0 radical (unpaired) electrons. The van der Waals surface area contributed by atoms with Crippen molar-refractivity contribution in [2.75, 3.05) is 6.61 Å². The number of aryl methyl sites for hydroxylation is 2. The van der Waals surface area contributed by atoms with Crippen molar-refractivity contribution in [2.24, 2.45) is 17.8 Å². The third-order valence-corrected chi connectivity index (χ3v) is 7.12. The van der Waals surface area contributed by atoms with Crippen LogP contribution in [0.4, 0.5) is 0 Å². The fourth-order valence-electron chi connectivity index (χ4n) is 6.35. The van der Waals surface area contributed by atoms with Gasteiger partial charge in [0.25, 0.3) is 11.7 Å². The first-order valence-electron chi connectivity index (χ1n) is 10.5. The van der Waals surface area contributed by atoms with E-state index in [1.165, 1.54) is 25.6 Å². The molecular weight excluding hydrogens is 370 g/mol. The number of esters is 1. The predicted octanol–water partition coefficient (Wildman–Crippen LogP) is 1.91. The molecule has 29 heavy (non-hydrogen) atoms. The molecule has 8 heteroatoms. The molecule has 0 aromatic carbocycles. The van der Waals surface area contributed by atoms with Crippen LogP contribution in [-0.4, -0.2) is 43.6 Å². The third kappa shape index (κ3) is 3.38. The average Bonchev–Trinajstić information content (AvgIpc) is 3.10. The highest BCUT2D eigenvalue weighted by Gasteiger charge is 2.51. The molecule has 0 spiro atoms. The van der Waals surface area contributed by atoms with E-state index in [1.807, 2.05) is 13.8 Å². The largest absolute Gasteiger partial charge is 0.455 e. The van der Waals surface area contributed by atoms with E-state index in [-0.39, 0.29) is 24.5 Å². The lowest BCUT2D eigenvalue weighted by Gasteiger charge is -2.56. The number of nitrogens with zero attached hydrogens (tertiary/aromatic N) is 4. The maximum Gasteiger partial charge on any atom is 0.310 e. The van der Waals surface area contributed by atoms with Gasteiger partial charge >= 0.3 is 5.97 Å². The molecule has 6 rings (SSSR count). The van der Waals surface area contributed by atoms with Crippen LogP contribution in [0, 0.1) is 31.6 Å². The van der Waals surface area contributed by atoms with Crippen LogP contribution in [0.2, 0.25) is 0 Å². The molecule has 1 amide bonds. The van der Waals surface area contributed by atoms with E-state index in [2.05, 4.69) is 20.4 Å². The minimum atomic E-state index is -0.432. The summed E-state index contributed by atoms with van der Waals surface area (Å²) in [5.74, 6) is 2.17. The van der Waals surface area contributed by atoms with Gasteiger partial charge in [0, 0.05) is 22.5 Å². The van der Waals surface area contributed by atoms with Gasteiger partial charge in [0.2, 0.25) is 0 Å². The van der Waals surface area contributed by atoms with Crippen LogP contribution in [0.3, 0.4) is 0 Å². The number of nitrogens with one attached hydrogen (secondary N) is 1. The fraction of sp³-hybridized carbons (Fsp3) is 0.667. The Morgan fingerprint density at radius 2 is 1.83 bits per heavy atom. The van der Waals surface area contributed by atoms with E-state index in [0.717, 1.165) is 54.0 Å². The van der Waals surface area contributed by atoms with Gasteiger partial charge in [-0.25, -0.2) is 9.50 Å². The summed E-state index contributed by atoms with van der Waals surface area (Å²) in [6, 6.07) is 0. The Kier molecular flexibility index (Phi) is 4.33. The van der Waals surface area contributed by atoms with Crippen LogP contribution < -0.4 is 5.32 Å². The van der Waals surface area contributed by atoms with Crippen LogP contribution >= 0.6 is 0 Å². The SMILES string of the molecule is Cc1nc2ncnn2c(C)c1CC(=O)OCC(=O)NC12CC3CC(CC(C3)C1)C2. The molecule has 2 heterocycles. The number of carbonyl (C=O) groups is 2. The van der Waals surface area contributed by atoms with E-state index in [9.17, 15) is 9.59 Å². The number of hydrogen-bond acceptors (Lipinski definition) is 6. The second-order valence-corrected chi connectivity index (χ2v) is 9.32. The first-order chi connectivity index (χ1) is 13.9. The summed E-state index contributed by atoms with van der Waals surface area (Å²) in [7, 11) is 0. The molecule has 1 N–H and O–H groups in total. The van der Waals surface area contributed by atoms with Gasteiger partial charge in [-0.1, -0.05) is 0 Å². The van der Waals surface area contributed by atoms with Crippen LogP contribution in [0.1, 0.15) is 55.5 Å². The Morgan fingerprint density at radius 3 is 2.48 bits per heavy atom. The second-order valence-electron chi connectivity index (χ2n) is 9.32. The van der Waals surface area contributed by atoms with Gasteiger partial charge in [-0.3, -0.25) is 9.59 Å². The number of aromatic nitrogens is 4. The highest BCUT2D eigenvalue weighted by atomic mass is 16.5. The standard InChI is InChI=1S/C21H27N5O3/c1-12-17(13(2)26-20(24-12)22-11-23-26)6-19(28)29-10-18(27)25-21-7-14-3-15(8-21)5-16(4-14)9-21/h11,14-16H,3-10H2,1-2H3,(H,25,27). The zero-order valence-corrected chi connectivity index (χ0v) is 17.0. The minimum absolute atomic E-state index is 0.0606. The molecule has 4 saturated carbocycles. The smallest absolute Gasteiger partial charge is 0.310 e. The van der Waals surface area contributed by atoms with Gasteiger partial charge in [0.1, 0.15) is 6.33 Å². The minimum Gasteiger partial charge on any atom is -0.455 e. The normalized spacial score (nSPS) is 29.9. The van der Waals surface area contributed by atoms with E-state index < -0.39 is 5.97 Å². The van der Waals surface area contributed by atoms with Gasteiger partial charge in [0.05, 0.1) is 6.42 Å². The molecule has 4 aliphatic carbocycles. The van der Waals surface area contributed by atoms with Crippen LogP contribution in [-0.2, 0) is 20.7 Å². The van der Waals surface area contributed by atoms with Crippen molar-refractivity contribution in [1.82, 2.24) is 24.9 Å². The molecule has 4 fully saturated rings. The Hall–Kier alpha value is -2.51. The van der Waals surface area contributed by atoms with Crippen LogP contribution in [0.25, 0.3) is 5.78 Å². The van der Waals surface area contributed by atoms with Crippen molar-refractivity contribution in [3.8, 4) is 0 Å². The molecule has 4 bridgehead atoms. The Morgan fingerprint density at radius 1 is 1.17 bits per heavy atom. The lowest BCUT2D eigenvalue weighted by Crippen LogP contribution is -2.60. The van der Waals surface area contributed by atoms with Crippen molar-refractivity contribution in [2.45, 2.75) is 64.3 Å². The number of fused-ring (bicyclic) bond motifs is 1. The van der Waals surface area contributed by atoms with Crippen molar-refractivity contribution in [3.63, 3.8) is 0 Å². The van der Waals surface area contributed by atoms with Crippen molar-refractivity contribution < 1.29 is 14.3 Å². The number of rotatable bonds is 5. The summed E-state index contributed by atoms with van der Waals surface area (Å²) < 4.78 is 6.91. The lowest BCUT2D eigenvalue weighted by atomic mass is 9.53. The van der Waals surface area contributed by atoms with Crippen LogP contribution in [0.5, 0.6) is 0 Å². The molecule has 0 aliphatic heterocycles. The van der Waals surface area contributed by atoms with Gasteiger partial charge in [-0.2, -0.15) is 10.1 Å². The molecule has 8 nitrogen and oxygen atoms in total. The summed E-state index contributed by atoms with van der Waals surface area (Å²) in [4.78, 5) is 33.4. The molecule has 0 saturated heterocycles. The quantitative estimate of drug-likeness (QED) is 0.774. The second kappa shape index (κ2) is 6.78. The molecule has 2 aromatic heterocycles. The van der Waals surface area contributed by atoms with Gasteiger partial charge in [-0.05, 0) is 70.1 Å². The first kappa shape index (κ1) is 18.5. The highest BCUT2D eigenvalue weighted by molar-refractivity contribution is 5.82. The van der Waals surface area contributed by atoms with E-state index in [1.54, 1.807) is 4.52 Å². The van der Waals surface area contributed by atoms with Gasteiger partial charge < -0.3 is 10.1 Å². The van der Waals surface area contributed by atoms with Crippen molar-refractivity contribution >= 4 is 17.7 Å². The molecule has 2 aromatic rings. The maximum atomic E-state index is 12.5. The summed E-state index contributed by atoms with van der Waals surface area (Å²) in [5, 5.41) is 7.37. The monoisotopic (exact) mass is 397 g/mol. The van der Waals surface area contributed by atoms with Crippen molar-refractivity contribution in [1.29, 1.82) is 0 Å². The zero-order valence-electron chi connectivity index (χ0n) is 17.0. The number of ether oxygens (including phenoxy) is 1. The molecule has 154 valence electrons.